The maximum absolute atomic E-state index is 13.4. The van der Waals surface area contributed by atoms with Crippen molar-refractivity contribution in [1.82, 2.24) is 9.62 Å². The number of nitrogens with two attached hydrogens (primary N) is 1. The third-order valence-electron chi connectivity index (χ3n) is 6.46. The van der Waals surface area contributed by atoms with E-state index in [1.807, 2.05) is 26.0 Å². The molecule has 0 heterocycles. The van der Waals surface area contributed by atoms with Gasteiger partial charge in [-0.15, -0.1) is 0 Å². The van der Waals surface area contributed by atoms with Gasteiger partial charge in [-0.3, -0.25) is 0 Å². The maximum atomic E-state index is 13.4. The zero-order chi connectivity index (χ0) is 27.7. The van der Waals surface area contributed by atoms with Gasteiger partial charge in [0.1, 0.15) is 0 Å². The van der Waals surface area contributed by atoms with Crippen molar-refractivity contribution >= 4 is 49.2 Å². The van der Waals surface area contributed by atoms with Crippen LogP contribution in [0.5, 0.6) is 0 Å². The molecule has 38 heavy (non-hydrogen) atoms. The molecular formula is C29H38AsN3O4S. The molecule has 7 nitrogen and oxygen atoms in total. The summed E-state index contributed by atoms with van der Waals surface area (Å²) in [6.07, 6.45) is 2.49. The molecule has 0 saturated heterocycles. The standard InChI is InChI=1S/C29H38AsN3O4S/c1-21(2)19-33(38(36,37)27-14-12-25(31)13-15-27)26(20-34)9-5-6-16-32-29(35)28(30)18-22-10-11-23-7-3-4-8-24(23)17-22/h3-4,7-8,10-15,17,21,26,28,34H,5-6,9,16,18-20,31H2,1-2H3,(H,32,35)/t26?,28-/m0/s1. The summed E-state index contributed by atoms with van der Waals surface area (Å²) in [4.78, 5) is 12.8. The average Bonchev–Trinajstić information content (AvgIpc) is 2.89. The first kappa shape index (κ1) is 30.2. The molecule has 0 aliphatic rings. The van der Waals surface area contributed by atoms with Gasteiger partial charge in [-0.1, -0.05) is 0 Å². The number of anilines is 1. The second kappa shape index (κ2) is 14.1. The molecule has 3 aromatic carbocycles. The second-order valence-electron chi connectivity index (χ2n) is 10.1. The van der Waals surface area contributed by atoms with Gasteiger partial charge in [0.25, 0.3) is 0 Å². The Morgan fingerprint density at radius 2 is 1.71 bits per heavy atom. The number of rotatable bonds is 14. The number of hydrogen-bond donors (Lipinski definition) is 3. The van der Waals surface area contributed by atoms with Gasteiger partial charge in [-0.05, 0) is 12.1 Å². The van der Waals surface area contributed by atoms with Crippen LogP contribution in [0.15, 0.2) is 71.6 Å². The Bertz CT molecular complexity index is 1300. The molecule has 0 spiro atoms. The van der Waals surface area contributed by atoms with E-state index in [4.69, 9.17) is 5.73 Å². The van der Waals surface area contributed by atoms with Crippen molar-refractivity contribution in [3.8, 4) is 0 Å². The Kier molecular flexibility index (Phi) is 11.2. The van der Waals surface area contributed by atoms with Crippen molar-refractivity contribution in [1.29, 1.82) is 0 Å². The molecule has 9 heteroatoms. The third kappa shape index (κ3) is 8.31. The molecule has 1 unspecified atom stereocenters. The summed E-state index contributed by atoms with van der Waals surface area (Å²) < 4.78 is 27.9. The third-order valence-corrected chi connectivity index (χ3v) is 9.27. The number of carbonyl (C=O) groups excluding carboxylic acids is 1. The molecule has 3 rings (SSSR count). The molecule has 0 saturated carbocycles. The van der Waals surface area contributed by atoms with Crippen LogP contribution in [-0.2, 0) is 21.2 Å². The Labute approximate surface area is 235 Å². The molecule has 0 fully saturated rings. The fraction of sp³-hybridized carbons (Fsp3) is 0.414. The zero-order valence-electron chi connectivity index (χ0n) is 22.1. The van der Waals surface area contributed by atoms with E-state index >= 15 is 0 Å². The van der Waals surface area contributed by atoms with Crippen LogP contribution in [0.1, 0.15) is 38.7 Å². The van der Waals surface area contributed by atoms with Crippen molar-refractivity contribution in [2.24, 2.45) is 5.92 Å². The number of unbranched alkanes of at least 4 members (excludes halogenated alkanes) is 1. The predicted octanol–water partition coefficient (Wildman–Crippen LogP) is 3.92. The number of aliphatic hydroxyl groups excluding tert-OH is 1. The van der Waals surface area contributed by atoms with Crippen LogP contribution in [0.25, 0.3) is 10.8 Å². The van der Waals surface area contributed by atoms with E-state index < -0.39 is 16.1 Å². The van der Waals surface area contributed by atoms with Crippen LogP contribution in [0.4, 0.5) is 5.69 Å². The van der Waals surface area contributed by atoms with E-state index in [0.717, 1.165) is 10.9 Å². The van der Waals surface area contributed by atoms with E-state index in [2.05, 4.69) is 52.5 Å². The van der Waals surface area contributed by atoms with Crippen molar-refractivity contribution in [3.05, 3.63) is 72.3 Å². The minimum Gasteiger partial charge on any atom is -0.399 e. The molecule has 0 aliphatic heterocycles. The first-order valence-corrected chi connectivity index (χ1v) is 15.6. The summed E-state index contributed by atoms with van der Waals surface area (Å²) in [5.41, 5.74) is 7.33. The Morgan fingerprint density at radius 1 is 1.03 bits per heavy atom. The zero-order valence-corrected chi connectivity index (χ0v) is 24.8. The van der Waals surface area contributed by atoms with Crippen molar-refractivity contribution < 1.29 is 18.3 Å². The number of nitrogens with zero attached hydrogens (tertiary/aromatic N) is 1. The number of sulfonamides is 1. The molecule has 3 aromatic rings. The monoisotopic (exact) mass is 599 g/mol. The first-order chi connectivity index (χ1) is 18.1. The van der Waals surface area contributed by atoms with Crippen molar-refractivity contribution in [2.75, 3.05) is 25.4 Å². The predicted molar refractivity (Wildman–Crippen MR) is 154 cm³/mol. The van der Waals surface area contributed by atoms with E-state index in [1.165, 1.54) is 21.8 Å². The van der Waals surface area contributed by atoms with Gasteiger partial charge >= 0.3 is 212 Å². The van der Waals surface area contributed by atoms with Gasteiger partial charge in [0.05, 0.1) is 0 Å². The number of benzene rings is 3. The number of nitrogen functional groups attached to an aromatic ring is 1. The normalized spacial score (nSPS) is 13.6. The van der Waals surface area contributed by atoms with E-state index in [-0.39, 0.29) is 28.0 Å². The van der Waals surface area contributed by atoms with Crippen LogP contribution in [-0.4, -0.2) is 66.3 Å². The number of aliphatic hydroxyl groups is 1. The molecule has 204 valence electrons. The second-order valence-corrected chi connectivity index (χ2v) is 13.3. The van der Waals surface area contributed by atoms with Gasteiger partial charge < -0.3 is 5.73 Å². The Hall–Kier alpha value is -2.38. The molecule has 4 N–H and O–H groups in total. The summed E-state index contributed by atoms with van der Waals surface area (Å²) in [5, 5.41) is 15.4. The van der Waals surface area contributed by atoms with Gasteiger partial charge in [0.15, 0.2) is 0 Å². The van der Waals surface area contributed by atoms with E-state index in [1.54, 1.807) is 12.1 Å². The molecule has 0 bridgehead atoms. The summed E-state index contributed by atoms with van der Waals surface area (Å²) in [7, 11) is -3.79. The Balaban J connectivity index is 1.51. The quantitative estimate of drug-likeness (QED) is 0.148. The van der Waals surface area contributed by atoms with Gasteiger partial charge in [-0.25, -0.2) is 0 Å². The molecule has 0 aliphatic carbocycles. The molecule has 2 atom stereocenters. The van der Waals surface area contributed by atoms with Crippen LogP contribution in [0, 0.1) is 5.92 Å². The van der Waals surface area contributed by atoms with Crippen molar-refractivity contribution in [3.63, 3.8) is 0 Å². The Morgan fingerprint density at radius 3 is 2.37 bits per heavy atom. The van der Waals surface area contributed by atoms with Gasteiger partial charge in [-0.2, -0.15) is 0 Å². The molecular weight excluding hydrogens is 561 g/mol. The fourth-order valence-electron chi connectivity index (χ4n) is 4.42. The van der Waals surface area contributed by atoms with Crippen LogP contribution < -0.4 is 11.1 Å². The minimum absolute atomic E-state index is 0.0239. The van der Waals surface area contributed by atoms with Crippen LogP contribution >= 0.6 is 0 Å². The number of amides is 1. The molecule has 2 radical (unpaired) electrons. The average molecular weight is 600 g/mol. The fourth-order valence-corrected chi connectivity index (χ4v) is 6.86. The minimum atomic E-state index is -3.79. The molecule has 0 aromatic heterocycles. The smallest absolute Gasteiger partial charge is 0.399 e. The first-order valence-electron chi connectivity index (χ1n) is 13.0. The van der Waals surface area contributed by atoms with E-state index in [9.17, 15) is 18.3 Å². The summed E-state index contributed by atoms with van der Waals surface area (Å²) >= 11 is 2.46. The molecule has 1 amide bonds. The summed E-state index contributed by atoms with van der Waals surface area (Å²) in [5.74, 6) is 0.0679. The van der Waals surface area contributed by atoms with Crippen molar-refractivity contribution in [2.45, 2.75) is 55.2 Å². The number of nitrogens with one attached hydrogen (secondary N) is 1. The summed E-state index contributed by atoms with van der Waals surface area (Å²) in [6.45, 7) is 4.43. The van der Waals surface area contributed by atoms with Gasteiger partial charge in [0.2, 0.25) is 0 Å². The van der Waals surface area contributed by atoms with Gasteiger partial charge in [0, 0.05) is 5.69 Å². The SMILES string of the molecule is CC(C)CN(C(CO)CCCCNC(=O)[C@@H]([As])Cc1ccc2ccccc2c1)S(=O)(=O)c1ccc(N)cc1. The summed E-state index contributed by atoms with van der Waals surface area (Å²) in [6, 6.07) is 20.0. The number of fused-ring (bicyclic) bond motifs is 1. The van der Waals surface area contributed by atoms with Crippen LogP contribution in [0.3, 0.4) is 0 Å². The topological polar surface area (TPSA) is 113 Å². The van der Waals surface area contributed by atoms with Crippen LogP contribution in [0.2, 0.25) is 4.71 Å². The van der Waals surface area contributed by atoms with E-state index in [0.29, 0.717) is 44.5 Å². The number of carbonyl (C=O) groups is 1. The number of hydrogen-bond acceptors (Lipinski definition) is 5.